The van der Waals surface area contributed by atoms with E-state index in [0.29, 0.717) is 12.5 Å². The molecule has 0 unspecified atom stereocenters. The van der Waals surface area contributed by atoms with E-state index in [1.165, 1.54) is 22.3 Å². The van der Waals surface area contributed by atoms with Crippen LogP contribution in [0.3, 0.4) is 0 Å². The minimum Gasteiger partial charge on any atom is -0.486 e. The van der Waals surface area contributed by atoms with Gasteiger partial charge in [-0.25, -0.2) is 4.52 Å². The third-order valence-electron chi connectivity index (χ3n) is 6.40. The Balaban J connectivity index is 1.65. The highest BCUT2D eigenvalue weighted by Gasteiger charge is 2.29. The van der Waals surface area contributed by atoms with Crippen LogP contribution < -0.4 is 10.1 Å². The number of hydrogen-bond acceptors (Lipinski definition) is 3. The second-order valence-corrected chi connectivity index (χ2v) is 9.94. The summed E-state index contributed by atoms with van der Waals surface area (Å²) in [5.74, 6) is 2.29. The van der Waals surface area contributed by atoms with Gasteiger partial charge in [0, 0.05) is 24.2 Å². The smallest absolute Gasteiger partial charge is 0.169 e. The average molecular weight is 473 g/mol. The monoisotopic (exact) mass is 472 g/mol. The Morgan fingerprint density at radius 1 is 1.09 bits per heavy atom. The number of ether oxygens (including phenoxy) is 1. The highest BCUT2D eigenvalue weighted by Crippen LogP contribution is 2.37. The summed E-state index contributed by atoms with van der Waals surface area (Å²) in [6, 6.07) is 18.7. The zero-order valence-corrected chi connectivity index (χ0v) is 21.0. The number of nitrogens with one attached hydrogen (secondary N) is 1. The molecule has 0 fully saturated rings. The molecule has 0 aliphatic carbocycles. The van der Waals surface area contributed by atoms with Crippen LogP contribution in [0.15, 0.2) is 54.6 Å². The molecule has 0 amide bonds. The third kappa shape index (κ3) is 4.34. The summed E-state index contributed by atoms with van der Waals surface area (Å²) in [4.78, 5) is 0.756. The highest BCUT2D eigenvalue weighted by atomic mass is 32.1. The van der Waals surface area contributed by atoms with Crippen molar-refractivity contribution in [3.63, 3.8) is 0 Å². The first-order valence-corrected chi connectivity index (χ1v) is 12.6. The molecule has 0 spiro atoms. The van der Waals surface area contributed by atoms with Gasteiger partial charge in [0.25, 0.3) is 0 Å². The molecule has 2 aromatic carbocycles. The van der Waals surface area contributed by atoms with Crippen LogP contribution in [0, 0.1) is 12.8 Å². The molecule has 34 heavy (non-hydrogen) atoms. The van der Waals surface area contributed by atoms with E-state index in [1.54, 1.807) is 0 Å². The first-order valence-electron chi connectivity index (χ1n) is 12.2. The summed E-state index contributed by atoms with van der Waals surface area (Å²) in [6.45, 7) is 8.71. The second kappa shape index (κ2) is 9.63. The van der Waals surface area contributed by atoms with Crippen molar-refractivity contribution in [2.45, 2.75) is 53.2 Å². The summed E-state index contributed by atoms with van der Waals surface area (Å²) in [5, 5.41) is 8.58. The standard InChI is InChI=1S/C28H32N4OS/c1-19(2)17-29-27(34)26-25(21-14-12-20(3)13-15-21)23-11-7-8-16-31-24(30-32(26)28(23)31)18-33-22-9-5-4-6-10-22/h4-6,9-10,12-15,19H,7-8,11,16-18H2,1-3H3,(H,29,34). The molecule has 0 saturated heterocycles. The van der Waals surface area contributed by atoms with Crippen LogP contribution in [-0.4, -0.2) is 25.7 Å². The van der Waals surface area contributed by atoms with Crippen molar-refractivity contribution in [3.05, 3.63) is 77.2 Å². The SMILES string of the molecule is Cc1ccc(-c2c3c4n(c(COc5ccccc5)nn4c2C(=S)NCC(C)C)CCCC3)cc1. The van der Waals surface area contributed by atoms with Crippen molar-refractivity contribution in [1.82, 2.24) is 19.5 Å². The Morgan fingerprint density at radius 3 is 2.59 bits per heavy atom. The van der Waals surface area contributed by atoms with Crippen molar-refractivity contribution >= 4 is 22.9 Å². The molecule has 5 rings (SSSR count). The molecule has 0 radical (unpaired) electrons. The maximum absolute atomic E-state index is 6.10. The van der Waals surface area contributed by atoms with Crippen LogP contribution in [0.2, 0.25) is 0 Å². The number of nitrogens with zero attached hydrogens (tertiary/aromatic N) is 3. The van der Waals surface area contributed by atoms with E-state index in [-0.39, 0.29) is 0 Å². The van der Waals surface area contributed by atoms with Crippen molar-refractivity contribution in [3.8, 4) is 16.9 Å². The minimum atomic E-state index is 0.427. The number of benzene rings is 2. The average Bonchev–Trinajstić information content (AvgIpc) is 3.24. The van der Waals surface area contributed by atoms with Gasteiger partial charge in [0.1, 0.15) is 28.7 Å². The molecular weight excluding hydrogens is 440 g/mol. The first-order chi connectivity index (χ1) is 16.5. The van der Waals surface area contributed by atoms with E-state index in [0.717, 1.165) is 60.3 Å². The Kier molecular flexibility index (Phi) is 6.42. The number of para-hydroxylation sites is 1. The summed E-state index contributed by atoms with van der Waals surface area (Å²) >= 11 is 5.98. The number of aromatic nitrogens is 3. The van der Waals surface area contributed by atoms with Crippen LogP contribution in [0.4, 0.5) is 0 Å². The van der Waals surface area contributed by atoms with Crippen molar-refractivity contribution in [1.29, 1.82) is 0 Å². The number of hydrogen-bond donors (Lipinski definition) is 1. The first kappa shape index (κ1) is 22.7. The molecule has 1 aliphatic rings. The van der Waals surface area contributed by atoms with Gasteiger partial charge in [-0.1, -0.05) is 74.1 Å². The quantitative estimate of drug-likeness (QED) is 0.338. The minimum absolute atomic E-state index is 0.427. The predicted octanol–water partition coefficient (Wildman–Crippen LogP) is 5.95. The number of rotatable bonds is 7. The van der Waals surface area contributed by atoms with Crippen molar-refractivity contribution in [2.75, 3.05) is 6.54 Å². The molecule has 0 saturated carbocycles. The Morgan fingerprint density at radius 2 is 1.85 bits per heavy atom. The molecule has 0 atom stereocenters. The largest absolute Gasteiger partial charge is 0.486 e. The molecule has 2 aromatic heterocycles. The van der Waals surface area contributed by atoms with Gasteiger partial charge < -0.3 is 14.6 Å². The summed E-state index contributed by atoms with van der Waals surface area (Å²) < 4.78 is 10.5. The van der Waals surface area contributed by atoms with Crippen LogP contribution in [-0.2, 0) is 19.6 Å². The van der Waals surface area contributed by atoms with Crippen molar-refractivity contribution in [2.24, 2.45) is 5.92 Å². The number of thiocarbonyl (C=S) groups is 1. The van der Waals surface area contributed by atoms with Gasteiger partial charge >= 0.3 is 0 Å². The fourth-order valence-corrected chi connectivity index (χ4v) is 4.97. The predicted molar refractivity (Wildman–Crippen MR) is 142 cm³/mol. The van der Waals surface area contributed by atoms with Gasteiger partial charge in [-0.05, 0) is 49.8 Å². The summed E-state index contributed by atoms with van der Waals surface area (Å²) in [5.41, 5.74) is 7.15. The highest BCUT2D eigenvalue weighted by molar-refractivity contribution is 7.80. The lowest BCUT2D eigenvalue weighted by atomic mass is 9.97. The zero-order chi connectivity index (χ0) is 23.7. The number of aryl methyl sites for hydroxylation is 3. The Hall–Kier alpha value is -3.12. The second-order valence-electron chi connectivity index (χ2n) is 9.53. The van der Waals surface area contributed by atoms with Gasteiger partial charge in [0.15, 0.2) is 5.82 Å². The fourth-order valence-electron chi connectivity index (χ4n) is 4.70. The third-order valence-corrected chi connectivity index (χ3v) is 6.74. The van der Waals surface area contributed by atoms with E-state index in [2.05, 4.69) is 59.4 Å². The van der Waals surface area contributed by atoms with Gasteiger partial charge in [0.05, 0.1) is 0 Å². The maximum Gasteiger partial charge on any atom is 0.169 e. The Bertz CT molecular complexity index is 1300. The molecule has 3 heterocycles. The van der Waals surface area contributed by atoms with Gasteiger partial charge in [-0.2, -0.15) is 0 Å². The van der Waals surface area contributed by atoms with Gasteiger partial charge in [-0.15, -0.1) is 5.10 Å². The summed E-state index contributed by atoms with van der Waals surface area (Å²) in [6.07, 6.45) is 3.28. The maximum atomic E-state index is 6.10. The topological polar surface area (TPSA) is 43.5 Å². The molecule has 0 bridgehead atoms. The fraction of sp³-hybridized carbons (Fsp3) is 0.357. The molecule has 5 nitrogen and oxygen atoms in total. The molecule has 176 valence electrons. The molecule has 6 heteroatoms. The van der Waals surface area contributed by atoms with Gasteiger partial charge in [-0.3, -0.25) is 0 Å². The van der Waals surface area contributed by atoms with Gasteiger partial charge in [0.2, 0.25) is 0 Å². The van der Waals surface area contributed by atoms with E-state index >= 15 is 0 Å². The lowest BCUT2D eigenvalue weighted by Gasteiger charge is -2.13. The molecular formula is C28H32N4OS. The van der Waals surface area contributed by atoms with Crippen LogP contribution >= 0.6 is 12.2 Å². The lowest BCUT2D eigenvalue weighted by Crippen LogP contribution is -2.28. The lowest BCUT2D eigenvalue weighted by molar-refractivity contribution is 0.288. The Labute approximate surface area is 206 Å². The molecule has 4 aromatic rings. The van der Waals surface area contributed by atoms with Crippen LogP contribution in [0.25, 0.3) is 16.8 Å². The van der Waals surface area contributed by atoms with E-state index in [4.69, 9.17) is 22.1 Å². The zero-order valence-electron chi connectivity index (χ0n) is 20.2. The van der Waals surface area contributed by atoms with E-state index in [1.807, 2.05) is 30.3 Å². The van der Waals surface area contributed by atoms with Crippen LogP contribution in [0.1, 0.15) is 49.3 Å². The van der Waals surface area contributed by atoms with E-state index in [9.17, 15) is 0 Å². The van der Waals surface area contributed by atoms with E-state index < -0.39 is 0 Å². The van der Waals surface area contributed by atoms with Crippen molar-refractivity contribution < 1.29 is 4.74 Å². The summed E-state index contributed by atoms with van der Waals surface area (Å²) in [7, 11) is 0. The van der Waals surface area contributed by atoms with Crippen LogP contribution in [0.5, 0.6) is 5.75 Å². The normalized spacial score (nSPS) is 13.3. The molecule has 1 aliphatic heterocycles. The molecule has 1 N–H and O–H groups in total.